The molecular formula is C20H21NO6. The molecular weight excluding hydrogens is 350 g/mol. The number of fused-ring (bicyclic) bond motifs is 1. The van der Waals surface area contributed by atoms with Crippen molar-refractivity contribution in [2.24, 2.45) is 0 Å². The Hall–Kier alpha value is -3.22. The van der Waals surface area contributed by atoms with Gasteiger partial charge < -0.3 is 24.3 Å². The van der Waals surface area contributed by atoms with E-state index in [9.17, 15) is 9.59 Å². The van der Waals surface area contributed by atoms with E-state index in [0.29, 0.717) is 40.7 Å². The molecule has 1 aliphatic rings. The van der Waals surface area contributed by atoms with Gasteiger partial charge in [-0.05, 0) is 37.1 Å². The predicted molar refractivity (Wildman–Crippen MR) is 99.1 cm³/mol. The van der Waals surface area contributed by atoms with E-state index in [1.54, 1.807) is 32.4 Å². The van der Waals surface area contributed by atoms with E-state index in [-0.39, 0.29) is 24.9 Å². The van der Waals surface area contributed by atoms with Gasteiger partial charge in [-0.1, -0.05) is 0 Å². The number of methoxy groups -OCH3 is 2. The van der Waals surface area contributed by atoms with Gasteiger partial charge in [0.25, 0.3) is 0 Å². The van der Waals surface area contributed by atoms with Gasteiger partial charge in [-0.15, -0.1) is 0 Å². The number of ketones is 1. The van der Waals surface area contributed by atoms with Crippen molar-refractivity contribution in [3.63, 3.8) is 0 Å². The second-order valence-corrected chi connectivity index (χ2v) is 6.08. The van der Waals surface area contributed by atoms with Crippen LogP contribution in [0.5, 0.6) is 23.0 Å². The van der Waals surface area contributed by atoms with Gasteiger partial charge in [0.15, 0.2) is 17.3 Å². The first-order valence-corrected chi connectivity index (χ1v) is 8.46. The molecule has 1 amide bonds. The summed E-state index contributed by atoms with van der Waals surface area (Å²) in [5.74, 6) is 1.97. The number of carbonyl (C=O) groups is 2. The van der Waals surface area contributed by atoms with Crippen molar-refractivity contribution in [3.8, 4) is 23.0 Å². The molecule has 0 fully saturated rings. The maximum atomic E-state index is 12.4. The van der Waals surface area contributed by atoms with E-state index < -0.39 is 0 Å². The summed E-state index contributed by atoms with van der Waals surface area (Å²) in [6.45, 7) is 1.54. The molecule has 0 saturated carbocycles. The van der Waals surface area contributed by atoms with Crippen LogP contribution in [0.1, 0.15) is 29.3 Å². The Balaban J connectivity index is 1.71. The zero-order valence-electron chi connectivity index (χ0n) is 15.5. The normalized spacial score (nSPS) is 11.8. The molecule has 0 spiro atoms. The smallest absolute Gasteiger partial charge is 0.231 e. The van der Waals surface area contributed by atoms with Gasteiger partial charge in [0.2, 0.25) is 12.7 Å². The van der Waals surface area contributed by atoms with Gasteiger partial charge in [0.05, 0.1) is 19.9 Å². The highest BCUT2D eigenvalue weighted by atomic mass is 16.7. The molecule has 0 atom stereocenters. The third-order valence-electron chi connectivity index (χ3n) is 4.22. The SMILES string of the molecule is COc1cc(CCC(=O)Nc2cc3c(cc2C(C)=O)OCO3)cc(OC)c1. The topological polar surface area (TPSA) is 83.1 Å². The van der Waals surface area contributed by atoms with Gasteiger partial charge in [0, 0.05) is 24.1 Å². The molecule has 0 saturated heterocycles. The lowest BCUT2D eigenvalue weighted by Crippen LogP contribution is -2.14. The maximum Gasteiger partial charge on any atom is 0.231 e. The number of ether oxygens (including phenoxy) is 4. The molecule has 7 nitrogen and oxygen atoms in total. The number of benzene rings is 2. The molecule has 27 heavy (non-hydrogen) atoms. The lowest BCUT2D eigenvalue weighted by atomic mass is 10.1. The molecule has 0 aliphatic carbocycles. The molecule has 1 N–H and O–H groups in total. The second kappa shape index (κ2) is 7.99. The number of amides is 1. The molecule has 7 heteroatoms. The fourth-order valence-electron chi connectivity index (χ4n) is 2.82. The average molecular weight is 371 g/mol. The predicted octanol–water partition coefficient (Wildman–Crippen LogP) is 3.21. The Morgan fingerprint density at radius 2 is 1.63 bits per heavy atom. The molecule has 0 unspecified atom stereocenters. The quantitative estimate of drug-likeness (QED) is 0.753. The minimum atomic E-state index is -0.210. The monoisotopic (exact) mass is 371 g/mol. The number of rotatable bonds is 7. The summed E-state index contributed by atoms with van der Waals surface area (Å²) >= 11 is 0. The fraction of sp³-hybridized carbons (Fsp3) is 0.300. The van der Waals surface area contributed by atoms with Crippen molar-refractivity contribution in [1.29, 1.82) is 0 Å². The number of aryl methyl sites for hydroxylation is 1. The molecule has 0 aromatic heterocycles. The number of nitrogens with one attached hydrogen (secondary N) is 1. The van der Waals surface area contributed by atoms with Crippen LogP contribution in [0, 0.1) is 0 Å². The van der Waals surface area contributed by atoms with Gasteiger partial charge in [-0.25, -0.2) is 0 Å². The highest BCUT2D eigenvalue weighted by Gasteiger charge is 2.20. The van der Waals surface area contributed by atoms with Crippen LogP contribution in [0.4, 0.5) is 5.69 Å². The van der Waals surface area contributed by atoms with Crippen LogP contribution in [0.3, 0.4) is 0 Å². The number of Topliss-reactive ketones (excluding diaryl/α,β-unsaturated/α-hetero) is 1. The van der Waals surface area contributed by atoms with Gasteiger partial charge in [0.1, 0.15) is 11.5 Å². The average Bonchev–Trinajstić information content (AvgIpc) is 3.12. The summed E-state index contributed by atoms with van der Waals surface area (Å²) in [6, 6.07) is 8.70. The molecule has 3 rings (SSSR count). The van der Waals surface area contributed by atoms with Crippen LogP contribution in [0.2, 0.25) is 0 Å². The Morgan fingerprint density at radius 1 is 1.00 bits per heavy atom. The summed E-state index contributed by atoms with van der Waals surface area (Å²) in [6.07, 6.45) is 0.738. The van der Waals surface area contributed by atoms with Crippen LogP contribution in [-0.2, 0) is 11.2 Å². The minimum absolute atomic E-state index is 0.0990. The van der Waals surface area contributed by atoms with E-state index in [0.717, 1.165) is 5.56 Å². The van der Waals surface area contributed by atoms with Crippen LogP contribution in [0.25, 0.3) is 0 Å². The second-order valence-electron chi connectivity index (χ2n) is 6.08. The van der Waals surface area contributed by atoms with Crippen molar-refractivity contribution in [2.45, 2.75) is 19.8 Å². The van der Waals surface area contributed by atoms with Gasteiger partial charge in [-0.3, -0.25) is 9.59 Å². The van der Waals surface area contributed by atoms with Gasteiger partial charge >= 0.3 is 0 Å². The van der Waals surface area contributed by atoms with Crippen molar-refractivity contribution in [1.82, 2.24) is 0 Å². The summed E-state index contributed by atoms with van der Waals surface area (Å²) in [4.78, 5) is 24.3. The Labute approximate surface area is 157 Å². The van der Waals surface area contributed by atoms with Crippen LogP contribution in [-0.4, -0.2) is 32.7 Å². The first-order valence-electron chi connectivity index (χ1n) is 8.46. The van der Waals surface area contributed by atoms with Crippen molar-refractivity contribution in [2.75, 3.05) is 26.3 Å². The van der Waals surface area contributed by atoms with E-state index >= 15 is 0 Å². The van der Waals surface area contributed by atoms with E-state index in [4.69, 9.17) is 18.9 Å². The molecule has 1 aliphatic heterocycles. The van der Waals surface area contributed by atoms with Crippen molar-refractivity contribution in [3.05, 3.63) is 41.5 Å². The van der Waals surface area contributed by atoms with Crippen LogP contribution in [0.15, 0.2) is 30.3 Å². The number of hydrogen-bond acceptors (Lipinski definition) is 6. The number of carbonyl (C=O) groups excluding carboxylic acids is 2. The third kappa shape index (κ3) is 4.31. The fourth-order valence-corrected chi connectivity index (χ4v) is 2.82. The molecule has 2 aromatic rings. The highest BCUT2D eigenvalue weighted by Crippen LogP contribution is 2.37. The summed E-state index contributed by atoms with van der Waals surface area (Å²) in [5.41, 5.74) is 1.72. The molecule has 0 radical (unpaired) electrons. The van der Waals surface area contributed by atoms with Crippen molar-refractivity contribution < 1.29 is 28.5 Å². The zero-order valence-corrected chi connectivity index (χ0v) is 15.5. The standard InChI is InChI=1S/C20H21NO6/c1-12(22)16-9-18-19(27-11-26-18)10-17(16)21-20(23)5-4-13-6-14(24-2)8-15(7-13)25-3/h6-10H,4-5,11H2,1-3H3,(H,21,23). The largest absolute Gasteiger partial charge is 0.497 e. The summed E-state index contributed by atoms with van der Waals surface area (Å²) < 4.78 is 21.1. The Kier molecular flexibility index (Phi) is 5.49. The maximum absolute atomic E-state index is 12.4. The van der Waals surface area contributed by atoms with E-state index in [2.05, 4.69) is 5.32 Å². The van der Waals surface area contributed by atoms with E-state index in [1.807, 2.05) is 12.1 Å². The number of hydrogen-bond donors (Lipinski definition) is 1. The zero-order chi connectivity index (χ0) is 19.4. The summed E-state index contributed by atoms with van der Waals surface area (Å²) in [5, 5.41) is 2.79. The first kappa shape index (κ1) is 18.6. The van der Waals surface area contributed by atoms with E-state index in [1.165, 1.54) is 6.92 Å². The van der Waals surface area contributed by atoms with Crippen LogP contribution >= 0.6 is 0 Å². The molecule has 2 aromatic carbocycles. The lowest BCUT2D eigenvalue weighted by Gasteiger charge is -2.11. The Bertz CT molecular complexity index is 855. The highest BCUT2D eigenvalue weighted by molar-refractivity contribution is 6.04. The van der Waals surface area contributed by atoms with Gasteiger partial charge in [-0.2, -0.15) is 0 Å². The lowest BCUT2D eigenvalue weighted by molar-refractivity contribution is -0.116. The van der Waals surface area contributed by atoms with Crippen LogP contribution < -0.4 is 24.3 Å². The molecule has 1 heterocycles. The number of anilines is 1. The Morgan fingerprint density at radius 3 is 2.22 bits per heavy atom. The third-order valence-corrected chi connectivity index (χ3v) is 4.22. The molecule has 142 valence electrons. The summed E-state index contributed by atoms with van der Waals surface area (Å²) in [7, 11) is 3.16. The molecule has 0 bridgehead atoms. The minimum Gasteiger partial charge on any atom is -0.497 e. The van der Waals surface area contributed by atoms with Crippen molar-refractivity contribution >= 4 is 17.4 Å². The first-order chi connectivity index (χ1) is 13.0.